The molecule has 0 saturated carbocycles. The molecular formula is C28H26ClN5O2. The van der Waals surface area contributed by atoms with E-state index in [1.807, 2.05) is 87.5 Å². The van der Waals surface area contributed by atoms with Gasteiger partial charge in [0.1, 0.15) is 24.7 Å². The number of aromatic nitrogens is 3. The second-order valence-electron chi connectivity index (χ2n) is 8.78. The fourth-order valence-corrected chi connectivity index (χ4v) is 4.62. The van der Waals surface area contributed by atoms with Crippen molar-refractivity contribution in [3.05, 3.63) is 112 Å². The fourth-order valence-electron chi connectivity index (χ4n) is 4.42. The average Bonchev–Trinajstić information content (AvgIpc) is 3.32. The summed E-state index contributed by atoms with van der Waals surface area (Å²) >= 11 is 6.34. The Kier molecular flexibility index (Phi) is 6.48. The van der Waals surface area contributed by atoms with Gasteiger partial charge in [-0.05, 0) is 44.5 Å². The van der Waals surface area contributed by atoms with Crippen LogP contribution in [0.3, 0.4) is 0 Å². The molecule has 1 amide bonds. The number of amides is 1. The number of nitrogens with zero attached hydrogens (tertiary/aromatic N) is 3. The summed E-state index contributed by atoms with van der Waals surface area (Å²) in [6.45, 7) is 6.17. The molecule has 0 unspecified atom stereocenters. The number of para-hydroxylation sites is 1. The highest BCUT2D eigenvalue weighted by Gasteiger charge is 2.35. The van der Waals surface area contributed by atoms with E-state index in [0.29, 0.717) is 34.6 Å². The predicted octanol–water partition coefficient (Wildman–Crippen LogP) is 6.05. The number of ether oxygens (including phenoxy) is 1. The lowest BCUT2D eigenvalue weighted by Crippen LogP contribution is -2.32. The average molecular weight is 500 g/mol. The number of hydrogen-bond donors (Lipinski definition) is 2. The van der Waals surface area contributed by atoms with E-state index in [1.54, 1.807) is 4.68 Å². The van der Waals surface area contributed by atoms with Gasteiger partial charge < -0.3 is 15.4 Å². The molecular weight excluding hydrogens is 474 g/mol. The van der Waals surface area contributed by atoms with Crippen LogP contribution in [0.4, 0.5) is 11.6 Å². The SMILES string of the molecule is CC1=C(C(=O)Nc2ccc(C)cc2C)[C@@H](c2ccccc2OCc2ccccc2Cl)n2ncnc2N1. The summed E-state index contributed by atoms with van der Waals surface area (Å²) < 4.78 is 7.95. The van der Waals surface area contributed by atoms with E-state index in [2.05, 4.69) is 20.7 Å². The molecule has 0 spiro atoms. The van der Waals surface area contributed by atoms with Crippen LogP contribution in [0.25, 0.3) is 0 Å². The minimum Gasteiger partial charge on any atom is -0.488 e. The van der Waals surface area contributed by atoms with E-state index < -0.39 is 6.04 Å². The zero-order valence-electron chi connectivity index (χ0n) is 20.2. The first-order chi connectivity index (χ1) is 17.4. The third kappa shape index (κ3) is 4.57. The number of benzene rings is 3. The lowest BCUT2D eigenvalue weighted by Gasteiger charge is -2.30. The third-order valence-corrected chi connectivity index (χ3v) is 6.59. The van der Waals surface area contributed by atoms with Crippen molar-refractivity contribution in [2.24, 2.45) is 0 Å². The molecule has 0 radical (unpaired) electrons. The molecule has 1 aromatic heterocycles. The number of halogens is 1. The molecule has 0 saturated heterocycles. The van der Waals surface area contributed by atoms with Crippen LogP contribution in [-0.2, 0) is 11.4 Å². The summed E-state index contributed by atoms with van der Waals surface area (Å²) in [5, 5.41) is 11.4. The molecule has 1 aliphatic heterocycles. The van der Waals surface area contributed by atoms with Crippen molar-refractivity contribution in [2.75, 3.05) is 10.6 Å². The van der Waals surface area contributed by atoms with Crippen molar-refractivity contribution in [1.29, 1.82) is 0 Å². The summed E-state index contributed by atoms with van der Waals surface area (Å²) in [4.78, 5) is 18.1. The first-order valence-electron chi connectivity index (χ1n) is 11.6. The van der Waals surface area contributed by atoms with Crippen molar-refractivity contribution in [3.63, 3.8) is 0 Å². The summed E-state index contributed by atoms with van der Waals surface area (Å²) in [5.74, 6) is 0.968. The number of nitrogens with one attached hydrogen (secondary N) is 2. The Morgan fingerprint density at radius 1 is 1.08 bits per heavy atom. The highest BCUT2D eigenvalue weighted by atomic mass is 35.5. The number of allylic oxidation sites excluding steroid dienone is 1. The van der Waals surface area contributed by atoms with E-state index in [4.69, 9.17) is 16.3 Å². The van der Waals surface area contributed by atoms with Crippen LogP contribution >= 0.6 is 11.6 Å². The maximum atomic E-state index is 13.7. The van der Waals surface area contributed by atoms with Gasteiger partial charge in [-0.25, -0.2) is 4.68 Å². The second kappa shape index (κ2) is 9.87. The van der Waals surface area contributed by atoms with Crippen molar-refractivity contribution in [2.45, 2.75) is 33.4 Å². The van der Waals surface area contributed by atoms with Crippen molar-refractivity contribution >= 4 is 29.1 Å². The molecule has 7 nitrogen and oxygen atoms in total. The summed E-state index contributed by atoms with van der Waals surface area (Å²) in [6.07, 6.45) is 1.47. The van der Waals surface area contributed by atoms with E-state index >= 15 is 0 Å². The number of anilines is 2. The minimum atomic E-state index is -0.544. The topological polar surface area (TPSA) is 81.1 Å². The number of carbonyl (C=O) groups excluding carboxylic acids is 1. The molecule has 0 fully saturated rings. The van der Waals surface area contributed by atoms with Gasteiger partial charge in [-0.3, -0.25) is 4.79 Å². The number of rotatable bonds is 6. The van der Waals surface area contributed by atoms with Gasteiger partial charge in [0.05, 0.1) is 5.57 Å². The highest BCUT2D eigenvalue weighted by Crippen LogP contribution is 2.39. The molecule has 182 valence electrons. The zero-order chi connectivity index (χ0) is 25.2. The number of carbonyl (C=O) groups is 1. The third-order valence-electron chi connectivity index (χ3n) is 6.22. The molecule has 0 bridgehead atoms. The van der Waals surface area contributed by atoms with Gasteiger partial charge in [-0.2, -0.15) is 10.1 Å². The minimum absolute atomic E-state index is 0.223. The van der Waals surface area contributed by atoms with Gasteiger partial charge in [0.2, 0.25) is 5.95 Å². The Morgan fingerprint density at radius 3 is 2.67 bits per heavy atom. The van der Waals surface area contributed by atoms with Gasteiger partial charge in [0.15, 0.2) is 0 Å². The van der Waals surface area contributed by atoms with Gasteiger partial charge in [-0.15, -0.1) is 0 Å². The van der Waals surface area contributed by atoms with Gasteiger partial charge in [-0.1, -0.05) is 65.7 Å². The molecule has 36 heavy (non-hydrogen) atoms. The van der Waals surface area contributed by atoms with E-state index in [0.717, 1.165) is 27.9 Å². The Labute approximate surface area is 214 Å². The van der Waals surface area contributed by atoms with Crippen LogP contribution in [0.15, 0.2) is 84.3 Å². The molecule has 3 aromatic carbocycles. The van der Waals surface area contributed by atoms with Crippen LogP contribution in [0.2, 0.25) is 5.02 Å². The van der Waals surface area contributed by atoms with E-state index in [-0.39, 0.29) is 5.91 Å². The highest BCUT2D eigenvalue weighted by molar-refractivity contribution is 6.31. The Morgan fingerprint density at radius 2 is 1.86 bits per heavy atom. The first-order valence-corrected chi connectivity index (χ1v) is 12.0. The molecule has 1 atom stereocenters. The molecule has 4 aromatic rings. The monoisotopic (exact) mass is 499 g/mol. The predicted molar refractivity (Wildman–Crippen MR) is 141 cm³/mol. The van der Waals surface area contributed by atoms with Crippen LogP contribution in [0, 0.1) is 13.8 Å². The van der Waals surface area contributed by atoms with Gasteiger partial charge in [0, 0.05) is 27.5 Å². The lowest BCUT2D eigenvalue weighted by molar-refractivity contribution is -0.113. The van der Waals surface area contributed by atoms with Crippen LogP contribution in [0.5, 0.6) is 5.75 Å². The van der Waals surface area contributed by atoms with E-state index in [1.165, 1.54) is 6.33 Å². The second-order valence-corrected chi connectivity index (χ2v) is 9.19. The molecule has 2 heterocycles. The molecule has 0 aliphatic carbocycles. The number of fused-ring (bicyclic) bond motifs is 1. The maximum absolute atomic E-state index is 13.7. The first kappa shape index (κ1) is 23.6. The zero-order valence-corrected chi connectivity index (χ0v) is 21.0. The Balaban J connectivity index is 1.53. The summed E-state index contributed by atoms with van der Waals surface area (Å²) in [6, 6.07) is 20.6. The van der Waals surface area contributed by atoms with Crippen LogP contribution in [0.1, 0.15) is 35.2 Å². The van der Waals surface area contributed by atoms with Crippen molar-refractivity contribution in [1.82, 2.24) is 14.8 Å². The smallest absolute Gasteiger partial charge is 0.255 e. The van der Waals surface area contributed by atoms with Crippen molar-refractivity contribution in [3.8, 4) is 5.75 Å². The quantitative estimate of drug-likeness (QED) is 0.337. The lowest BCUT2D eigenvalue weighted by atomic mass is 9.94. The summed E-state index contributed by atoms with van der Waals surface area (Å²) in [7, 11) is 0. The fraction of sp³-hybridized carbons (Fsp3) is 0.179. The van der Waals surface area contributed by atoms with Crippen LogP contribution in [-0.4, -0.2) is 20.7 Å². The maximum Gasteiger partial charge on any atom is 0.255 e. The normalized spacial score (nSPS) is 14.7. The largest absolute Gasteiger partial charge is 0.488 e. The molecule has 5 rings (SSSR count). The summed E-state index contributed by atoms with van der Waals surface area (Å²) in [5.41, 5.74) is 5.78. The van der Waals surface area contributed by atoms with E-state index in [9.17, 15) is 4.79 Å². The molecule has 2 N–H and O–H groups in total. The number of aryl methyl sites for hydroxylation is 2. The Hall–Kier alpha value is -4.10. The standard InChI is InChI=1S/C28H26ClN5O2/c1-17-12-13-23(18(2)14-17)33-27(35)25-19(3)32-28-30-16-31-34(28)26(25)21-9-5-7-11-24(21)36-15-20-8-4-6-10-22(20)29/h4-14,16,26H,15H2,1-3H3,(H,33,35)(H,30,31,32)/t26-/m1/s1. The van der Waals surface area contributed by atoms with Gasteiger partial charge >= 0.3 is 0 Å². The van der Waals surface area contributed by atoms with Crippen molar-refractivity contribution < 1.29 is 9.53 Å². The molecule has 8 heteroatoms. The van der Waals surface area contributed by atoms with Gasteiger partial charge in [0.25, 0.3) is 5.91 Å². The van der Waals surface area contributed by atoms with Crippen LogP contribution < -0.4 is 15.4 Å². The Bertz CT molecular complexity index is 1480. The number of hydrogen-bond acceptors (Lipinski definition) is 5. The molecule has 1 aliphatic rings.